The summed E-state index contributed by atoms with van der Waals surface area (Å²) in [7, 11) is 0. The summed E-state index contributed by atoms with van der Waals surface area (Å²) in [5.41, 5.74) is 1.48. The van der Waals surface area contributed by atoms with Gasteiger partial charge in [0.15, 0.2) is 5.89 Å². The van der Waals surface area contributed by atoms with Crippen molar-refractivity contribution in [3.05, 3.63) is 59.8 Å². The lowest BCUT2D eigenvalue weighted by molar-refractivity contribution is 0.0697. The smallest absolute Gasteiger partial charge is 0.292 e. The maximum atomic E-state index is 13.1. The van der Waals surface area contributed by atoms with Crippen LogP contribution in [-0.4, -0.2) is 37.3 Å². The number of aryl methyl sites for hydroxylation is 2. The third kappa shape index (κ3) is 3.58. The maximum Gasteiger partial charge on any atom is 0.292 e. The van der Waals surface area contributed by atoms with E-state index < -0.39 is 0 Å². The Hall–Kier alpha value is -3.29. The quantitative estimate of drug-likeness (QED) is 0.726. The third-order valence-corrected chi connectivity index (χ3v) is 4.78. The average molecular weight is 378 g/mol. The number of carbonyl (C=O) groups excluding carboxylic acids is 1. The van der Waals surface area contributed by atoms with E-state index in [2.05, 4.69) is 20.3 Å². The summed E-state index contributed by atoms with van der Waals surface area (Å²) in [6, 6.07) is 5.65. The van der Waals surface area contributed by atoms with Crippen molar-refractivity contribution in [3.8, 4) is 0 Å². The number of pyridine rings is 1. The molecule has 0 unspecified atom stereocenters. The van der Waals surface area contributed by atoms with Gasteiger partial charge in [-0.15, -0.1) is 0 Å². The molecule has 0 spiro atoms. The molecule has 1 aliphatic rings. The first kappa shape index (κ1) is 18.1. The fourth-order valence-electron chi connectivity index (χ4n) is 3.45. The van der Waals surface area contributed by atoms with E-state index in [0.717, 1.165) is 18.5 Å². The zero-order valence-electron chi connectivity index (χ0n) is 15.9. The lowest BCUT2D eigenvalue weighted by Gasteiger charge is -2.24. The topological polar surface area (TPSA) is 97.0 Å². The molecule has 1 aliphatic heterocycles. The van der Waals surface area contributed by atoms with E-state index >= 15 is 0 Å². The van der Waals surface area contributed by atoms with Crippen LogP contribution in [0.4, 0.5) is 11.6 Å². The number of nitrogens with zero attached hydrogens (tertiary/aromatic N) is 5. The number of oxazole rings is 1. The number of likely N-dealkylation sites (tertiary alicyclic amines) is 1. The van der Waals surface area contributed by atoms with Crippen molar-refractivity contribution in [2.45, 2.75) is 39.2 Å². The van der Waals surface area contributed by atoms with Crippen LogP contribution in [0.3, 0.4) is 0 Å². The molecule has 3 aromatic rings. The number of anilines is 2. The number of amides is 1. The number of hydrogen-bond donors (Lipinski definition) is 1. The van der Waals surface area contributed by atoms with Crippen molar-refractivity contribution >= 4 is 17.5 Å². The summed E-state index contributed by atoms with van der Waals surface area (Å²) in [6.45, 7) is 4.44. The molecule has 1 saturated heterocycles. The molecule has 8 heteroatoms. The summed E-state index contributed by atoms with van der Waals surface area (Å²) in [5, 5.41) is 3.15. The largest absolute Gasteiger partial charge is 0.435 e. The van der Waals surface area contributed by atoms with Gasteiger partial charge in [0.1, 0.15) is 11.6 Å². The Morgan fingerprint density at radius 3 is 2.93 bits per heavy atom. The first-order valence-corrected chi connectivity index (χ1v) is 9.43. The van der Waals surface area contributed by atoms with Crippen molar-refractivity contribution in [1.29, 1.82) is 0 Å². The van der Waals surface area contributed by atoms with Gasteiger partial charge in [-0.1, -0.05) is 13.0 Å². The SMILES string of the molecule is CCc1nc(C)c(C(=O)N2CCC[C@H]2c2cccc(Nc3cnccn3)n2)o1. The highest BCUT2D eigenvalue weighted by Crippen LogP contribution is 2.33. The van der Waals surface area contributed by atoms with Crippen LogP contribution in [0.1, 0.15) is 53.6 Å². The van der Waals surface area contributed by atoms with E-state index in [1.807, 2.05) is 36.9 Å². The van der Waals surface area contributed by atoms with Gasteiger partial charge in [0.25, 0.3) is 5.91 Å². The number of nitrogens with one attached hydrogen (secondary N) is 1. The molecule has 144 valence electrons. The molecule has 0 bridgehead atoms. The van der Waals surface area contributed by atoms with Crippen LogP contribution in [0.2, 0.25) is 0 Å². The van der Waals surface area contributed by atoms with Crippen LogP contribution in [0.25, 0.3) is 0 Å². The van der Waals surface area contributed by atoms with E-state index in [1.165, 1.54) is 0 Å². The Labute approximate surface area is 163 Å². The fourth-order valence-corrected chi connectivity index (χ4v) is 3.45. The van der Waals surface area contributed by atoms with E-state index in [1.54, 1.807) is 18.6 Å². The Balaban J connectivity index is 1.57. The molecule has 0 aliphatic carbocycles. The molecule has 1 N–H and O–H groups in total. The van der Waals surface area contributed by atoms with E-state index in [0.29, 0.717) is 41.9 Å². The molecule has 1 atom stereocenters. The Morgan fingerprint density at radius 1 is 1.29 bits per heavy atom. The van der Waals surface area contributed by atoms with Gasteiger partial charge in [0, 0.05) is 25.4 Å². The van der Waals surface area contributed by atoms with Crippen molar-refractivity contribution in [2.75, 3.05) is 11.9 Å². The van der Waals surface area contributed by atoms with Gasteiger partial charge in [0.2, 0.25) is 5.76 Å². The van der Waals surface area contributed by atoms with Crippen LogP contribution < -0.4 is 5.32 Å². The molecule has 4 rings (SSSR count). The van der Waals surface area contributed by atoms with Crippen LogP contribution in [0.5, 0.6) is 0 Å². The highest BCUT2D eigenvalue weighted by molar-refractivity contribution is 5.93. The van der Waals surface area contributed by atoms with E-state index in [-0.39, 0.29) is 11.9 Å². The lowest BCUT2D eigenvalue weighted by Crippen LogP contribution is -2.31. The summed E-state index contributed by atoms with van der Waals surface area (Å²) in [4.78, 5) is 32.2. The summed E-state index contributed by atoms with van der Waals surface area (Å²) >= 11 is 0. The number of carbonyl (C=O) groups is 1. The average Bonchev–Trinajstić information content (AvgIpc) is 3.35. The van der Waals surface area contributed by atoms with Gasteiger partial charge in [-0.25, -0.2) is 15.0 Å². The Kier molecular flexibility index (Phi) is 5.01. The fraction of sp³-hybridized carbons (Fsp3) is 0.350. The van der Waals surface area contributed by atoms with Gasteiger partial charge >= 0.3 is 0 Å². The first-order chi connectivity index (χ1) is 13.7. The summed E-state index contributed by atoms with van der Waals surface area (Å²) in [5.74, 6) is 2.08. The number of rotatable bonds is 5. The number of aromatic nitrogens is 4. The van der Waals surface area contributed by atoms with Crippen molar-refractivity contribution in [2.24, 2.45) is 0 Å². The van der Waals surface area contributed by atoms with Crippen LogP contribution in [-0.2, 0) is 6.42 Å². The zero-order valence-corrected chi connectivity index (χ0v) is 15.9. The molecule has 4 heterocycles. The molecule has 8 nitrogen and oxygen atoms in total. The van der Waals surface area contributed by atoms with Crippen LogP contribution in [0.15, 0.2) is 41.2 Å². The highest BCUT2D eigenvalue weighted by Gasteiger charge is 2.34. The second kappa shape index (κ2) is 7.75. The molecule has 28 heavy (non-hydrogen) atoms. The normalized spacial score (nSPS) is 16.4. The van der Waals surface area contributed by atoms with E-state index in [4.69, 9.17) is 9.40 Å². The van der Waals surface area contributed by atoms with Gasteiger partial charge in [0.05, 0.1) is 23.6 Å². The molecular weight excluding hydrogens is 356 g/mol. The summed E-state index contributed by atoms with van der Waals surface area (Å²) in [6.07, 6.45) is 7.32. The second-order valence-electron chi connectivity index (χ2n) is 6.70. The monoisotopic (exact) mass is 378 g/mol. The minimum absolute atomic E-state index is 0.0920. The van der Waals surface area contributed by atoms with E-state index in [9.17, 15) is 4.79 Å². The molecule has 1 amide bonds. The Morgan fingerprint density at radius 2 is 2.18 bits per heavy atom. The maximum absolute atomic E-state index is 13.1. The molecule has 1 fully saturated rings. The standard InChI is InChI=1S/C20H22N6O2/c1-3-18-23-13(2)19(28-18)20(27)26-11-5-7-15(26)14-6-4-8-16(24-14)25-17-12-21-9-10-22-17/h4,6,8-10,12,15H,3,5,7,11H2,1-2H3,(H,22,24,25)/t15-/m0/s1. The minimum atomic E-state index is -0.124. The van der Waals surface area contributed by atoms with Crippen molar-refractivity contribution in [1.82, 2.24) is 24.8 Å². The highest BCUT2D eigenvalue weighted by atomic mass is 16.4. The van der Waals surface area contributed by atoms with Gasteiger partial charge in [-0.05, 0) is 31.9 Å². The zero-order chi connectivity index (χ0) is 19.5. The first-order valence-electron chi connectivity index (χ1n) is 9.43. The predicted octanol–water partition coefficient (Wildman–Crippen LogP) is 3.45. The third-order valence-electron chi connectivity index (χ3n) is 4.78. The lowest BCUT2D eigenvalue weighted by atomic mass is 10.1. The molecule has 0 aromatic carbocycles. The summed E-state index contributed by atoms with van der Waals surface area (Å²) < 4.78 is 5.67. The molecule has 0 saturated carbocycles. The van der Waals surface area contributed by atoms with Crippen molar-refractivity contribution < 1.29 is 9.21 Å². The Bertz CT molecular complexity index is 972. The molecule has 0 radical (unpaired) electrons. The molecular formula is C20H22N6O2. The van der Waals surface area contributed by atoms with Crippen LogP contribution >= 0.6 is 0 Å². The minimum Gasteiger partial charge on any atom is -0.435 e. The number of hydrogen-bond acceptors (Lipinski definition) is 7. The molecule has 3 aromatic heterocycles. The van der Waals surface area contributed by atoms with Gasteiger partial charge in [-0.2, -0.15) is 0 Å². The van der Waals surface area contributed by atoms with Gasteiger partial charge < -0.3 is 14.6 Å². The van der Waals surface area contributed by atoms with Gasteiger partial charge in [-0.3, -0.25) is 9.78 Å². The predicted molar refractivity (Wildman–Crippen MR) is 103 cm³/mol. The van der Waals surface area contributed by atoms with Crippen LogP contribution in [0, 0.1) is 6.92 Å². The second-order valence-corrected chi connectivity index (χ2v) is 6.70. The van der Waals surface area contributed by atoms with Crippen molar-refractivity contribution in [3.63, 3.8) is 0 Å².